The Labute approximate surface area is 101 Å². The maximum atomic E-state index is 11.0. The molecule has 2 rings (SSSR count). The first-order valence-electron chi connectivity index (χ1n) is 5.92. The molecule has 4 heteroatoms. The second kappa shape index (κ2) is 4.28. The van der Waals surface area contributed by atoms with Gasteiger partial charge in [0.05, 0.1) is 5.56 Å². The number of benzene rings is 1. The number of carboxylic acids is 1. The first-order chi connectivity index (χ1) is 8.02. The number of hydrogen-bond acceptors (Lipinski definition) is 3. The van der Waals surface area contributed by atoms with Gasteiger partial charge < -0.3 is 16.2 Å². The summed E-state index contributed by atoms with van der Waals surface area (Å²) >= 11 is 0. The first-order valence-corrected chi connectivity index (χ1v) is 5.92. The number of hydrogen-bond donors (Lipinski definition) is 3. The average Bonchev–Trinajstić information content (AvgIpc) is 3.01. The number of nitrogen functional groups attached to an aromatic ring is 1. The summed E-state index contributed by atoms with van der Waals surface area (Å²) in [7, 11) is 0. The molecule has 0 aliphatic heterocycles. The molecule has 0 aromatic heterocycles. The molecule has 1 fully saturated rings. The van der Waals surface area contributed by atoms with Crippen molar-refractivity contribution in [2.75, 3.05) is 11.1 Å². The van der Waals surface area contributed by atoms with E-state index < -0.39 is 5.97 Å². The zero-order valence-corrected chi connectivity index (χ0v) is 10.2. The number of nitrogens with one attached hydrogen (secondary N) is 1. The lowest BCUT2D eigenvalue weighted by atomic mass is 10.1. The van der Waals surface area contributed by atoms with Crippen molar-refractivity contribution in [3.63, 3.8) is 0 Å². The van der Waals surface area contributed by atoms with Gasteiger partial charge in [0, 0.05) is 17.4 Å². The molecule has 0 amide bonds. The fourth-order valence-electron chi connectivity index (χ4n) is 2.15. The van der Waals surface area contributed by atoms with E-state index in [4.69, 9.17) is 10.8 Å². The number of rotatable bonds is 4. The summed E-state index contributed by atoms with van der Waals surface area (Å²) in [4.78, 5) is 11.0. The van der Waals surface area contributed by atoms with Gasteiger partial charge >= 0.3 is 5.97 Å². The van der Waals surface area contributed by atoms with Gasteiger partial charge in [0.25, 0.3) is 0 Å². The second-order valence-corrected chi connectivity index (χ2v) is 4.71. The van der Waals surface area contributed by atoms with Crippen LogP contribution < -0.4 is 11.1 Å². The lowest BCUT2D eigenvalue weighted by molar-refractivity contribution is 0.0698. The highest BCUT2D eigenvalue weighted by Gasteiger charge is 2.35. The van der Waals surface area contributed by atoms with E-state index in [9.17, 15) is 4.79 Å². The molecule has 1 aliphatic rings. The molecule has 1 aromatic rings. The van der Waals surface area contributed by atoms with Gasteiger partial charge in [-0.15, -0.1) is 0 Å². The fourth-order valence-corrected chi connectivity index (χ4v) is 2.15. The van der Waals surface area contributed by atoms with E-state index in [-0.39, 0.29) is 5.56 Å². The summed E-state index contributed by atoms with van der Waals surface area (Å²) in [5.74, 6) is -0.252. The van der Waals surface area contributed by atoms with Crippen LogP contribution >= 0.6 is 0 Å². The van der Waals surface area contributed by atoms with Crippen molar-refractivity contribution in [3.8, 4) is 0 Å². The van der Waals surface area contributed by atoms with Crippen molar-refractivity contribution >= 4 is 17.3 Å². The Morgan fingerprint density at radius 2 is 2.29 bits per heavy atom. The molecule has 17 heavy (non-hydrogen) atoms. The van der Waals surface area contributed by atoms with Gasteiger partial charge in [-0.05, 0) is 37.0 Å². The topological polar surface area (TPSA) is 75.3 Å². The van der Waals surface area contributed by atoms with E-state index in [1.54, 1.807) is 6.07 Å². The van der Waals surface area contributed by atoms with Crippen LogP contribution in [0.25, 0.3) is 0 Å². The van der Waals surface area contributed by atoms with Gasteiger partial charge in [-0.3, -0.25) is 0 Å². The Morgan fingerprint density at radius 3 is 2.82 bits per heavy atom. The van der Waals surface area contributed by atoms with Crippen LogP contribution in [-0.2, 0) is 0 Å². The van der Waals surface area contributed by atoms with E-state index in [0.717, 1.165) is 23.6 Å². The number of aromatic carboxylic acids is 1. The Morgan fingerprint density at radius 1 is 1.59 bits per heavy atom. The van der Waals surface area contributed by atoms with Crippen molar-refractivity contribution < 1.29 is 9.90 Å². The van der Waals surface area contributed by atoms with Crippen molar-refractivity contribution in [2.45, 2.75) is 32.7 Å². The molecular formula is C13H18N2O2. The molecule has 2 atom stereocenters. The maximum Gasteiger partial charge on any atom is 0.337 e. The Kier molecular flexibility index (Phi) is 2.96. The molecule has 92 valence electrons. The molecule has 0 saturated heterocycles. The standard InChI is InChI=1S/C13H18N2O2/c1-3-8-5-11(8)15-9-4-7(2)12(14)10(6-9)13(16)17/h4,6,8,11,15H,3,5,14H2,1-2H3,(H,16,17). The van der Waals surface area contributed by atoms with E-state index >= 15 is 0 Å². The minimum absolute atomic E-state index is 0.182. The monoisotopic (exact) mass is 234 g/mol. The normalized spacial score (nSPS) is 22.2. The fraction of sp³-hybridized carbons (Fsp3) is 0.462. The van der Waals surface area contributed by atoms with Crippen LogP contribution in [0.3, 0.4) is 0 Å². The van der Waals surface area contributed by atoms with Crippen LogP contribution in [0.1, 0.15) is 35.7 Å². The third-order valence-electron chi connectivity index (χ3n) is 3.42. The maximum absolute atomic E-state index is 11.0. The molecule has 1 saturated carbocycles. The molecule has 1 aromatic carbocycles. The highest BCUT2D eigenvalue weighted by molar-refractivity contribution is 5.95. The minimum Gasteiger partial charge on any atom is -0.478 e. The molecule has 0 heterocycles. The van der Waals surface area contributed by atoms with Crippen LogP contribution in [0.4, 0.5) is 11.4 Å². The lowest BCUT2D eigenvalue weighted by Crippen LogP contribution is -2.09. The summed E-state index contributed by atoms with van der Waals surface area (Å²) < 4.78 is 0. The third kappa shape index (κ3) is 2.35. The van der Waals surface area contributed by atoms with Gasteiger partial charge in [-0.1, -0.05) is 13.3 Å². The Hall–Kier alpha value is -1.71. The number of nitrogens with two attached hydrogens (primary N) is 1. The summed E-state index contributed by atoms with van der Waals surface area (Å²) in [5, 5.41) is 12.4. The first kappa shape index (κ1) is 11.8. The van der Waals surface area contributed by atoms with Gasteiger partial charge in [-0.25, -0.2) is 4.79 Å². The number of aryl methyl sites for hydroxylation is 1. The van der Waals surface area contributed by atoms with Gasteiger partial charge in [-0.2, -0.15) is 0 Å². The zero-order chi connectivity index (χ0) is 12.6. The lowest BCUT2D eigenvalue weighted by Gasteiger charge is -2.11. The summed E-state index contributed by atoms with van der Waals surface area (Å²) in [5.41, 5.74) is 7.94. The van der Waals surface area contributed by atoms with Crippen molar-refractivity contribution in [3.05, 3.63) is 23.3 Å². The highest BCUT2D eigenvalue weighted by Crippen LogP contribution is 2.36. The molecule has 1 aliphatic carbocycles. The van der Waals surface area contributed by atoms with Crippen LogP contribution in [0.2, 0.25) is 0 Å². The van der Waals surface area contributed by atoms with E-state index in [1.807, 2.05) is 13.0 Å². The molecule has 0 bridgehead atoms. The average molecular weight is 234 g/mol. The summed E-state index contributed by atoms with van der Waals surface area (Å²) in [6.45, 7) is 4.00. The molecule has 4 nitrogen and oxygen atoms in total. The third-order valence-corrected chi connectivity index (χ3v) is 3.42. The zero-order valence-electron chi connectivity index (χ0n) is 10.2. The molecule has 4 N–H and O–H groups in total. The van der Waals surface area contributed by atoms with E-state index in [0.29, 0.717) is 11.7 Å². The predicted molar refractivity (Wildman–Crippen MR) is 68.4 cm³/mol. The largest absolute Gasteiger partial charge is 0.478 e. The molecule has 0 radical (unpaired) electrons. The minimum atomic E-state index is -0.975. The molecule has 0 spiro atoms. The summed E-state index contributed by atoms with van der Waals surface area (Å²) in [6, 6.07) is 4.02. The van der Waals surface area contributed by atoms with Crippen LogP contribution in [-0.4, -0.2) is 17.1 Å². The number of carboxylic acid groups (broad SMARTS) is 1. The van der Waals surface area contributed by atoms with Gasteiger partial charge in [0.15, 0.2) is 0 Å². The van der Waals surface area contributed by atoms with E-state index in [1.165, 1.54) is 6.42 Å². The SMILES string of the molecule is CCC1CC1Nc1cc(C)c(N)c(C(=O)O)c1. The van der Waals surface area contributed by atoms with Crippen molar-refractivity contribution in [1.82, 2.24) is 0 Å². The van der Waals surface area contributed by atoms with Crippen LogP contribution in [0.15, 0.2) is 12.1 Å². The Bertz CT molecular complexity index is 457. The number of anilines is 2. The highest BCUT2D eigenvalue weighted by atomic mass is 16.4. The van der Waals surface area contributed by atoms with Crippen molar-refractivity contribution in [2.24, 2.45) is 5.92 Å². The molecule has 2 unspecified atom stereocenters. The smallest absolute Gasteiger partial charge is 0.337 e. The second-order valence-electron chi connectivity index (χ2n) is 4.71. The number of carbonyl (C=O) groups is 1. The van der Waals surface area contributed by atoms with Gasteiger partial charge in [0.1, 0.15) is 0 Å². The van der Waals surface area contributed by atoms with E-state index in [2.05, 4.69) is 12.2 Å². The summed E-state index contributed by atoms with van der Waals surface area (Å²) in [6.07, 6.45) is 2.33. The van der Waals surface area contributed by atoms with Gasteiger partial charge in [0.2, 0.25) is 0 Å². The van der Waals surface area contributed by atoms with Crippen LogP contribution in [0.5, 0.6) is 0 Å². The Balaban J connectivity index is 2.21. The molecular weight excluding hydrogens is 216 g/mol. The van der Waals surface area contributed by atoms with Crippen LogP contribution in [0, 0.1) is 12.8 Å². The quantitative estimate of drug-likeness (QED) is 0.700. The van der Waals surface area contributed by atoms with Crippen molar-refractivity contribution in [1.29, 1.82) is 0 Å². The predicted octanol–water partition coefficient (Wildman–Crippen LogP) is 2.49.